The van der Waals surface area contributed by atoms with Crippen molar-refractivity contribution in [3.63, 3.8) is 0 Å². The Hall–Kier alpha value is -2.42. The van der Waals surface area contributed by atoms with E-state index < -0.39 is 0 Å². The highest BCUT2D eigenvalue weighted by Crippen LogP contribution is 2.22. The number of hydrogen-bond donors (Lipinski definition) is 2. The van der Waals surface area contributed by atoms with E-state index in [2.05, 4.69) is 25.6 Å². The lowest BCUT2D eigenvalue weighted by molar-refractivity contribution is -0.124. The summed E-state index contributed by atoms with van der Waals surface area (Å²) in [5, 5.41) is 10.1. The van der Waals surface area contributed by atoms with Gasteiger partial charge >= 0.3 is 0 Å². The summed E-state index contributed by atoms with van der Waals surface area (Å²) in [6, 6.07) is 9.03. The van der Waals surface area contributed by atoms with E-state index in [1.54, 1.807) is 13.0 Å². The molecule has 2 N–H and O–H groups in total. The Morgan fingerprint density at radius 2 is 1.76 bits per heavy atom. The van der Waals surface area contributed by atoms with Crippen molar-refractivity contribution in [2.75, 3.05) is 44.6 Å². The second kappa shape index (κ2) is 9.87. The summed E-state index contributed by atoms with van der Waals surface area (Å²) in [6.07, 6.45) is 0. The molecule has 1 aliphatic rings. The van der Waals surface area contributed by atoms with Gasteiger partial charge in [0.15, 0.2) is 5.82 Å². The monoisotopic (exact) mass is 419 g/mol. The third-order valence-electron chi connectivity index (χ3n) is 4.84. The fourth-order valence-corrected chi connectivity index (χ4v) is 3.61. The van der Waals surface area contributed by atoms with Crippen LogP contribution in [0.25, 0.3) is 0 Å². The van der Waals surface area contributed by atoms with Crippen molar-refractivity contribution in [3.8, 4) is 0 Å². The Morgan fingerprint density at radius 1 is 1.14 bits per heavy atom. The molecule has 0 aliphatic carbocycles. The Labute approximate surface area is 175 Å². The quantitative estimate of drug-likeness (QED) is 0.714. The van der Waals surface area contributed by atoms with Gasteiger partial charge in [0.2, 0.25) is 11.8 Å². The van der Waals surface area contributed by atoms with E-state index in [-0.39, 0.29) is 24.4 Å². The molecule has 1 atom stereocenters. The first-order chi connectivity index (χ1) is 13.9. The number of amides is 2. The lowest BCUT2D eigenvalue weighted by Crippen LogP contribution is -2.51. The summed E-state index contributed by atoms with van der Waals surface area (Å²) in [5.41, 5.74) is 0.903. The van der Waals surface area contributed by atoms with E-state index in [4.69, 9.17) is 16.1 Å². The molecule has 2 heterocycles. The number of benzene rings is 1. The van der Waals surface area contributed by atoms with Crippen LogP contribution in [-0.2, 0) is 9.59 Å². The average molecular weight is 420 g/mol. The third-order valence-corrected chi connectivity index (χ3v) is 5.19. The predicted molar refractivity (Wildman–Crippen MR) is 111 cm³/mol. The van der Waals surface area contributed by atoms with E-state index in [0.717, 1.165) is 31.7 Å². The number of anilines is 1. The van der Waals surface area contributed by atoms with Crippen LogP contribution in [0.2, 0.25) is 5.02 Å². The van der Waals surface area contributed by atoms with Gasteiger partial charge in [-0.2, -0.15) is 0 Å². The summed E-state index contributed by atoms with van der Waals surface area (Å²) < 4.78 is 4.94. The zero-order valence-corrected chi connectivity index (χ0v) is 17.4. The van der Waals surface area contributed by atoms with Gasteiger partial charge in [0, 0.05) is 37.3 Å². The number of hydrogen-bond acceptors (Lipinski definition) is 6. The number of aromatic nitrogens is 1. The van der Waals surface area contributed by atoms with Gasteiger partial charge in [0.1, 0.15) is 5.76 Å². The van der Waals surface area contributed by atoms with E-state index in [9.17, 15) is 9.59 Å². The molecule has 0 radical (unpaired) electrons. The smallest absolute Gasteiger partial charge is 0.239 e. The minimum Gasteiger partial charge on any atom is -0.360 e. The molecule has 3 rings (SSSR count). The fraction of sp³-hybridized carbons (Fsp3) is 0.450. The first-order valence-corrected chi connectivity index (χ1v) is 10.00. The molecular weight excluding hydrogens is 394 g/mol. The molecule has 0 saturated carbocycles. The normalized spacial score (nSPS) is 16.4. The van der Waals surface area contributed by atoms with Crippen LogP contribution in [-0.4, -0.2) is 66.0 Å². The number of piperazine rings is 1. The largest absolute Gasteiger partial charge is 0.360 e. The van der Waals surface area contributed by atoms with Gasteiger partial charge in [-0.3, -0.25) is 19.4 Å². The van der Waals surface area contributed by atoms with Crippen LogP contribution in [0.3, 0.4) is 0 Å². The Morgan fingerprint density at radius 3 is 2.34 bits per heavy atom. The molecule has 8 nitrogen and oxygen atoms in total. The van der Waals surface area contributed by atoms with Gasteiger partial charge in [-0.25, -0.2) is 0 Å². The molecule has 1 fully saturated rings. The first-order valence-electron chi connectivity index (χ1n) is 9.62. The molecule has 9 heteroatoms. The topological polar surface area (TPSA) is 90.7 Å². The van der Waals surface area contributed by atoms with Gasteiger partial charge in [-0.05, 0) is 25.5 Å². The molecule has 1 unspecified atom stereocenters. The van der Waals surface area contributed by atoms with E-state index in [1.165, 1.54) is 0 Å². The molecule has 29 heavy (non-hydrogen) atoms. The number of carbonyl (C=O) groups is 2. The van der Waals surface area contributed by atoms with Gasteiger partial charge in [-0.1, -0.05) is 35.0 Å². The number of rotatable bonds is 7. The first kappa shape index (κ1) is 21.3. The highest BCUT2D eigenvalue weighted by Gasteiger charge is 2.22. The lowest BCUT2D eigenvalue weighted by atomic mass is 10.1. The number of aryl methyl sites for hydroxylation is 1. The van der Waals surface area contributed by atoms with Crippen molar-refractivity contribution in [2.45, 2.75) is 19.9 Å². The fourth-order valence-electron chi connectivity index (χ4n) is 3.31. The van der Waals surface area contributed by atoms with Gasteiger partial charge in [0.25, 0.3) is 0 Å². The maximum atomic E-state index is 12.4. The number of nitrogens with one attached hydrogen (secondary N) is 2. The molecule has 2 aromatic rings. The van der Waals surface area contributed by atoms with Crippen LogP contribution in [0, 0.1) is 6.92 Å². The minimum absolute atomic E-state index is 0.0370. The van der Waals surface area contributed by atoms with Crippen LogP contribution in [0.15, 0.2) is 34.9 Å². The lowest BCUT2D eigenvalue weighted by Gasteiger charge is -2.34. The molecule has 0 bridgehead atoms. The Kier molecular flexibility index (Phi) is 7.24. The highest BCUT2D eigenvalue weighted by atomic mass is 35.5. The minimum atomic E-state index is -0.152. The zero-order chi connectivity index (χ0) is 20.8. The van der Waals surface area contributed by atoms with E-state index in [0.29, 0.717) is 23.1 Å². The number of nitrogens with zero attached hydrogens (tertiary/aromatic N) is 3. The van der Waals surface area contributed by atoms with E-state index >= 15 is 0 Å². The second-order valence-corrected chi connectivity index (χ2v) is 7.64. The van der Waals surface area contributed by atoms with Crippen LogP contribution in [0.1, 0.15) is 24.3 Å². The maximum Gasteiger partial charge on any atom is 0.239 e. The Balaban J connectivity index is 1.38. The average Bonchev–Trinajstić information content (AvgIpc) is 3.08. The summed E-state index contributed by atoms with van der Waals surface area (Å²) in [5.74, 6) is 0.912. The SMILES string of the molecule is Cc1cc(NC(=O)CN2CCN(CC(=O)NC(C)c3ccccc3Cl)CC2)no1. The van der Waals surface area contributed by atoms with Crippen molar-refractivity contribution in [1.29, 1.82) is 0 Å². The van der Waals surface area contributed by atoms with Crippen molar-refractivity contribution in [2.24, 2.45) is 0 Å². The van der Waals surface area contributed by atoms with Crippen LogP contribution < -0.4 is 10.6 Å². The zero-order valence-electron chi connectivity index (χ0n) is 16.7. The van der Waals surface area contributed by atoms with Crippen LogP contribution in [0.5, 0.6) is 0 Å². The summed E-state index contributed by atoms with van der Waals surface area (Å²) in [7, 11) is 0. The molecule has 1 saturated heterocycles. The molecule has 1 aromatic heterocycles. The van der Waals surface area contributed by atoms with Crippen LogP contribution >= 0.6 is 11.6 Å². The van der Waals surface area contributed by atoms with Gasteiger partial charge in [0.05, 0.1) is 19.1 Å². The molecule has 1 aromatic carbocycles. The van der Waals surface area contributed by atoms with Crippen LogP contribution in [0.4, 0.5) is 5.82 Å². The van der Waals surface area contributed by atoms with Gasteiger partial charge < -0.3 is 15.2 Å². The highest BCUT2D eigenvalue weighted by molar-refractivity contribution is 6.31. The predicted octanol–water partition coefficient (Wildman–Crippen LogP) is 2.07. The molecular formula is C20H26ClN5O3. The molecule has 0 spiro atoms. The number of carbonyl (C=O) groups excluding carboxylic acids is 2. The van der Waals surface area contributed by atoms with Crippen molar-refractivity contribution < 1.29 is 14.1 Å². The summed E-state index contributed by atoms with van der Waals surface area (Å²) >= 11 is 6.20. The Bertz CT molecular complexity index is 848. The van der Waals surface area contributed by atoms with Crippen molar-refractivity contribution in [3.05, 3.63) is 46.7 Å². The molecule has 156 valence electrons. The van der Waals surface area contributed by atoms with Crippen molar-refractivity contribution >= 4 is 29.2 Å². The summed E-state index contributed by atoms with van der Waals surface area (Å²) in [6.45, 7) is 7.20. The van der Waals surface area contributed by atoms with Crippen molar-refractivity contribution in [1.82, 2.24) is 20.3 Å². The third kappa shape index (κ3) is 6.28. The standard InChI is InChI=1S/C20H26ClN5O3/c1-14-11-18(24-29-14)23-20(28)13-26-9-7-25(8-10-26)12-19(27)22-15(2)16-5-3-4-6-17(16)21/h3-6,11,15H,7-10,12-13H2,1-2H3,(H,22,27)(H,23,24,28). The second-order valence-electron chi connectivity index (χ2n) is 7.23. The molecule has 2 amide bonds. The number of halogens is 1. The van der Waals surface area contributed by atoms with E-state index in [1.807, 2.05) is 31.2 Å². The summed E-state index contributed by atoms with van der Waals surface area (Å²) in [4.78, 5) is 28.6. The molecule has 1 aliphatic heterocycles. The van der Waals surface area contributed by atoms with Gasteiger partial charge in [-0.15, -0.1) is 0 Å². The maximum absolute atomic E-state index is 12.4.